The number of aromatic nitrogens is 3. The van der Waals surface area contributed by atoms with Crippen LogP contribution in [0, 0.1) is 0 Å². The van der Waals surface area contributed by atoms with E-state index in [0.29, 0.717) is 20.8 Å². The number of nitrogens with zero attached hydrogens (tertiary/aromatic N) is 3. The van der Waals surface area contributed by atoms with Gasteiger partial charge in [0, 0.05) is 16.0 Å². The van der Waals surface area contributed by atoms with Gasteiger partial charge in [0.2, 0.25) is 4.96 Å². The monoisotopic (exact) mass is 462 g/mol. The summed E-state index contributed by atoms with van der Waals surface area (Å²) in [5.74, 6) is 0.861. The summed E-state index contributed by atoms with van der Waals surface area (Å²) in [5, 5.41) is 9.83. The molecule has 0 aliphatic heterocycles. The van der Waals surface area contributed by atoms with Gasteiger partial charge in [0.15, 0.2) is 6.10 Å². The number of para-hydroxylation sites is 1. The largest absolute Gasteiger partial charge is 0.496 e. The quantitative estimate of drug-likeness (QED) is 0.427. The highest BCUT2D eigenvalue weighted by molar-refractivity contribution is 7.15. The standard InChI is InChI=1S/C20H16Cl2N4O3S/c1-11(29-17-8-7-12(21)9-14(17)22)18(27)23-19-24-20-26(25-19)15(10-30-20)13-5-3-4-6-16(13)28-2/h3-11H,1-2H3,(H,23,25,27). The van der Waals surface area contributed by atoms with E-state index in [0.717, 1.165) is 17.0 Å². The van der Waals surface area contributed by atoms with Crippen LogP contribution >= 0.6 is 34.5 Å². The SMILES string of the molecule is COc1ccccc1-c1csc2nc(NC(=O)C(C)Oc3ccc(Cl)cc3Cl)nn12. The molecule has 154 valence electrons. The van der Waals surface area contributed by atoms with Gasteiger partial charge in [0.1, 0.15) is 11.5 Å². The highest BCUT2D eigenvalue weighted by Crippen LogP contribution is 2.33. The Hall–Kier alpha value is -2.81. The van der Waals surface area contributed by atoms with Gasteiger partial charge in [-0.3, -0.25) is 10.1 Å². The predicted molar refractivity (Wildman–Crippen MR) is 118 cm³/mol. The number of thiazole rings is 1. The van der Waals surface area contributed by atoms with Crippen LogP contribution in [-0.2, 0) is 4.79 Å². The molecule has 7 nitrogen and oxygen atoms in total. The lowest BCUT2D eigenvalue weighted by atomic mass is 10.1. The predicted octanol–water partition coefficient (Wildman–Crippen LogP) is 5.18. The van der Waals surface area contributed by atoms with Gasteiger partial charge in [-0.15, -0.1) is 16.4 Å². The molecular formula is C20H16Cl2N4O3S. The second-order valence-electron chi connectivity index (χ2n) is 6.28. The molecule has 0 saturated carbocycles. The molecule has 4 rings (SSSR count). The summed E-state index contributed by atoms with van der Waals surface area (Å²) in [7, 11) is 1.61. The molecule has 1 amide bonds. The second kappa shape index (κ2) is 8.51. The first kappa shape index (κ1) is 20.5. The first-order valence-electron chi connectivity index (χ1n) is 8.86. The molecule has 0 bridgehead atoms. The number of benzene rings is 2. The van der Waals surface area contributed by atoms with Crippen molar-refractivity contribution in [3.8, 4) is 22.8 Å². The molecule has 0 fully saturated rings. The Morgan fingerprint density at radius 3 is 2.77 bits per heavy atom. The minimum atomic E-state index is -0.820. The molecule has 0 aliphatic carbocycles. The van der Waals surface area contributed by atoms with E-state index in [-0.39, 0.29) is 5.95 Å². The average Bonchev–Trinajstić information content (AvgIpc) is 3.30. The summed E-state index contributed by atoms with van der Waals surface area (Å²) >= 11 is 13.4. The highest BCUT2D eigenvalue weighted by Gasteiger charge is 2.20. The number of hydrogen-bond acceptors (Lipinski definition) is 6. The molecule has 0 spiro atoms. The minimum absolute atomic E-state index is 0.181. The number of rotatable bonds is 6. The number of halogens is 2. The molecule has 0 radical (unpaired) electrons. The zero-order valence-corrected chi connectivity index (χ0v) is 18.3. The Labute approximate surface area is 186 Å². The Kier molecular flexibility index (Phi) is 5.80. The van der Waals surface area contributed by atoms with Crippen LogP contribution in [0.15, 0.2) is 47.8 Å². The van der Waals surface area contributed by atoms with Crippen LogP contribution in [0.2, 0.25) is 10.0 Å². The number of methoxy groups -OCH3 is 1. The first-order chi connectivity index (χ1) is 14.5. The molecule has 2 aromatic carbocycles. The van der Waals surface area contributed by atoms with E-state index in [4.69, 9.17) is 32.7 Å². The van der Waals surface area contributed by atoms with Crippen molar-refractivity contribution >= 4 is 51.4 Å². The molecule has 30 heavy (non-hydrogen) atoms. The van der Waals surface area contributed by atoms with Gasteiger partial charge in [-0.05, 0) is 37.3 Å². The molecule has 2 aromatic heterocycles. The lowest BCUT2D eigenvalue weighted by molar-refractivity contribution is -0.122. The second-order valence-corrected chi connectivity index (χ2v) is 7.96. The number of nitrogens with one attached hydrogen (secondary N) is 1. The molecule has 4 aromatic rings. The van der Waals surface area contributed by atoms with Crippen molar-refractivity contribution in [2.45, 2.75) is 13.0 Å². The molecule has 0 saturated heterocycles. The minimum Gasteiger partial charge on any atom is -0.496 e. The molecular weight excluding hydrogens is 447 g/mol. The van der Waals surface area contributed by atoms with E-state index in [9.17, 15) is 4.79 Å². The van der Waals surface area contributed by atoms with Gasteiger partial charge in [0.25, 0.3) is 11.9 Å². The molecule has 1 N–H and O–H groups in total. The van der Waals surface area contributed by atoms with Gasteiger partial charge in [0.05, 0.1) is 17.8 Å². The van der Waals surface area contributed by atoms with Crippen LogP contribution in [0.1, 0.15) is 6.92 Å². The summed E-state index contributed by atoms with van der Waals surface area (Å²) in [4.78, 5) is 17.5. The molecule has 1 unspecified atom stereocenters. The Morgan fingerprint density at radius 2 is 2.00 bits per heavy atom. The topological polar surface area (TPSA) is 77.8 Å². The highest BCUT2D eigenvalue weighted by atomic mass is 35.5. The van der Waals surface area contributed by atoms with Crippen molar-refractivity contribution in [2.24, 2.45) is 0 Å². The Balaban J connectivity index is 1.53. The molecule has 10 heteroatoms. The molecule has 1 atom stereocenters. The van der Waals surface area contributed by atoms with Crippen molar-refractivity contribution in [1.29, 1.82) is 0 Å². The maximum atomic E-state index is 12.5. The number of ether oxygens (including phenoxy) is 2. The number of carbonyl (C=O) groups is 1. The molecule has 2 heterocycles. The maximum Gasteiger partial charge on any atom is 0.267 e. The van der Waals surface area contributed by atoms with E-state index >= 15 is 0 Å². The third-order valence-electron chi connectivity index (χ3n) is 4.27. The van der Waals surface area contributed by atoms with Gasteiger partial charge < -0.3 is 9.47 Å². The van der Waals surface area contributed by atoms with E-state index in [1.54, 1.807) is 36.7 Å². The van der Waals surface area contributed by atoms with Crippen LogP contribution in [0.4, 0.5) is 5.95 Å². The number of fused-ring (bicyclic) bond motifs is 1. The zero-order valence-electron chi connectivity index (χ0n) is 15.9. The van der Waals surface area contributed by atoms with Crippen LogP contribution in [0.3, 0.4) is 0 Å². The summed E-state index contributed by atoms with van der Waals surface area (Å²) in [6.07, 6.45) is -0.820. The smallest absolute Gasteiger partial charge is 0.267 e. The normalized spacial score (nSPS) is 12.0. The third kappa shape index (κ3) is 4.07. The van der Waals surface area contributed by atoms with Crippen LogP contribution < -0.4 is 14.8 Å². The lowest BCUT2D eigenvalue weighted by Crippen LogP contribution is -2.30. The fraction of sp³-hybridized carbons (Fsp3) is 0.150. The number of hydrogen-bond donors (Lipinski definition) is 1. The van der Waals surface area contributed by atoms with Crippen LogP contribution in [-0.4, -0.2) is 33.7 Å². The van der Waals surface area contributed by atoms with Gasteiger partial charge in [-0.25, -0.2) is 4.52 Å². The summed E-state index contributed by atoms with van der Waals surface area (Å²) in [5.41, 5.74) is 1.70. The third-order valence-corrected chi connectivity index (χ3v) is 5.61. The van der Waals surface area contributed by atoms with Gasteiger partial charge >= 0.3 is 0 Å². The van der Waals surface area contributed by atoms with Crippen molar-refractivity contribution < 1.29 is 14.3 Å². The van der Waals surface area contributed by atoms with E-state index in [1.165, 1.54) is 11.3 Å². The van der Waals surface area contributed by atoms with E-state index < -0.39 is 12.0 Å². The number of carbonyl (C=O) groups excluding carboxylic acids is 1. The van der Waals surface area contributed by atoms with E-state index in [1.807, 2.05) is 29.6 Å². The van der Waals surface area contributed by atoms with Gasteiger partial charge in [-0.1, -0.05) is 35.3 Å². The fourth-order valence-electron chi connectivity index (χ4n) is 2.80. The lowest BCUT2D eigenvalue weighted by Gasteiger charge is -2.14. The first-order valence-corrected chi connectivity index (χ1v) is 10.5. The number of anilines is 1. The number of amides is 1. The van der Waals surface area contributed by atoms with Crippen LogP contribution in [0.25, 0.3) is 16.2 Å². The van der Waals surface area contributed by atoms with Crippen molar-refractivity contribution in [2.75, 3.05) is 12.4 Å². The zero-order chi connectivity index (χ0) is 21.3. The summed E-state index contributed by atoms with van der Waals surface area (Å²) in [6.45, 7) is 1.61. The van der Waals surface area contributed by atoms with Crippen molar-refractivity contribution in [1.82, 2.24) is 14.6 Å². The van der Waals surface area contributed by atoms with Crippen molar-refractivity contribution in [3.63, 3.8) is 0 Å². The van der Waals surface area contributed by atoms with Gasteiger partial charge in [-0.2, -0.15) is 4.98 Å². The summed E-state index contributed by atoms with van der Waals surface area (Å²) < 4.78 is 12.7. The van der Waals surface area contributed by atoms with Crippen molar-refractivity contribution in [3.05, 3.63) is 57.9 Å². The fourth-order valence-corrected chi connectivity index (χ4v) is 4.08. The van der Waals surface area contributed by atoms with Crippen LogP contribution in [0.5, 0.6) is 11.5 Å². The summed E-state index contributed by atoms with van der Waals surface area (Å²) in [6, 6.07) is 12.4. The Bertz CT molecular complexity index is 1220. The average molecular weight is 463 g/mol. The molecule has 0 aliphatic rings. The van der Waals surface area contributed by atoms with E-state index in [2.05, 4.69) is 15.4 Å². The Morgan fingerprint density at radius 1 is 1.20 bits per heavy atom. The maximum absolute atomic E-state index is 12.5.